The minimum Gasteiger partial charge on any atom is -0.477 e. The Bertz CT molecular complexity index is 645. The van der Waals surface area contributed by atoms with Gasteiger partial charge in [-0.3, -0.25) is 0 Å². The summed E-state index contributed by atoms with van der Waals surface area (Å²) < 4.78 is 0. The molecule has 0 spiro atoms. The van der Waals surface area contributed by atoms with Gasteiger partial charge in [0.25, 0.3) is 0 Å². The van der Waals surface area contributed by atoms with E-state index in [4.69, 9.17) is 11.5 Å². The number of hydrogen-bond donors (Lipinski definition) is 2. The van der Waals surface area contributed by atoms with Crippen LogP contribution in [0.15, 0.2) is 42.5 Å². The van der Waals surface area contributed by atoms with Crippen LogP contribution in [0.3, 0.4) is 0 Å². The number of aromatic carboxylic acids is 1. The molecule has 1 aromatic carbocycles. The highest BCUT2D eigenvalue weighted by molar-refractivity contribution is 5.85. The summed E-state index contributed by atoms with van der Waals surface area (Å²) >= 11 is 0. The molecule has 4 heteroatoms. The highest BCUT2D eigenvalue weighted by Gasteiger charge is 2.04. The van der Waals surface area contributed by atoms with Crippen molar-refractivity contribution < 1.29 is 9.90 Å². The zero-order chi connectivity index (χ0) is 13.7. The van der Waals surface area contributed by atoms with Crippen LogP contribution >= 0.6 is 0 Å². The molecular weight excluding hydrogens is 240 g/mol. The third-order valence-electron chi connectivity index (χ3n) is 2.53. The minimum atomic E-state index is -1.03. The second kappa shape index (κ2) is 5.69. The topological polar surface area (TPSA) is 62.2 Å². The first kappa shape index (κ1) is 12.7. The fourth-order valence-electron chi connectivity index (χ4n) is 1.61. The number of rotatable bonds is 4. The number of benzene rings is 1. The molecule has 2 N–H and O–H groups in total. The van der Waals surface area contributed by atoms with E-state index in [-0.39, 0.29) is 5.69 Å². The van der Waals surface area contributed by atoms with E-state index in [1.54, 1.807) is 12.1 Å². The summed E-state index contributed by atoms with van der Waals surface area (Å²) in [5.74, 6) is 1.52. The van der Waals surface area contributed by atoms with Crippen molar-refractivity contribution in [3.63, 3.8) is 0 Å². The number of aromatic nitrogens is 1. The van der Waals surface area contributed by atoms with Crippen LogP contribution in [0.2, 0.25) is 0 Å². The van der Waals surface area contributed by atoms with Gasteiger partial charge in [0.05, 0.1) is 12.2 Å². The van der Waals surface area contributed by atoms with E-state index < -0.39 is 5.97 Å². The van der Waals surface area contributed by atoms with Crippen LogP contribution in [0.25, 0.3) is 0 Å². The fourth-order valence-corrected chi connectivity index (χ4v) is 1.61. The zero-order valence-corrected chi connectivity index (χ0v) is 10.1. The summed E-state index contributed by atoms with van der Waals surface area (Å²) in [5, 5.41) is 12.0. The Hall–Kier alpha value is -2.80. The zero-order valence-electron chi connectivity index (χ0n) is 10.1. The third-order valence-corrected chi connectivity index (χ3v) is 2.53. The molecule has 0 amide bonds. The third kappa shape index (κ3) is 3.33. The van der Waals surface area contributed by atoms with E-state index in [0.29, 0.717) is 12.2 Å². The quantitative estimate of drug-likeness (QED) is 0.820. The molecule has 0 radical (unpaired) electrons. The number of carboxylic acids is 1. The largest absolute Gasteiger partial charge is 0.477 e. The molecule has 0 aliphatic heterocycles. The molecule has 0 fully saturated rings. The molecular formula is C15H12N2O2. The number of hydrogen-bond acceptors (Lipinski definition) is 3. The molecule has 2 aromatic rings. The predicted octanol–water partition coefficient (Wildman–Crippen LogP) is 2.37. The minimum absolute atomic E-state index is 0.0386. The number of nitrogens with zero attached hydrogens (tertiary/aromatic N) is 1. The Morgan fingerprint density at radius 2 is 2.11 bits per heavy atom. The lowest BCUT2D eigenvalue weighted by atomic mass is 10.2. The van der Waals surface area contributed by atoms with Gasteiger partial charge in [0, 0.05) is 11.3 Å². The first-order valence-corrected chi connectivity index (χ1v) is 5.69. The molecule has 1 aromatic heterocycles. The summed E-state index contributed by atoms with van der Waals surface area (Å²) in [6.45, 7) is 0.440. The summed E-state index contributed by atoms with van der Waals surface area (Å²) in [7, 11) is 0. The number of carboxylic acid groups (broad SMARTS) is 1. The van der Waals surface area contributed by atoms with Gasteiger partial charge in [-0.2, -0.15) is 0 Å². The van der Waals surface area contributed by atoms with Crippen molar-refractivity contribution in [2.45, 2.75) is 6.54 Å². The standard InChI is InChI=1S/C15H12N2O2/c1-2-11-5-3-6-12(9-11)16-10-13-7-4-8-14(17-13)15(18)19/h1,3-9,16H,10H2,(H,18,19). The molecule has 0 unspecified atom stereocenters. The van der Waals surface area contributed by atoms with Crippen LogP contribution in [0.5, 0.6) is 0 Å². The maximum absolute atomic E-state index is 10.8. The number of nitrogens with one attached hydrogen (secondary N) is 1. The normalized spacial score (nSPS) is 9.63. The summed E-state index contributed by atoms with van der Waals surface area (Å²) in [6, 6.07) is 12.3. The van der Waals surface area contributed by atoms with Gasteiger partial charge in [-0.15, -0.1) is 6.42 Å². The molecule has 2 rings (SSSR count). The molecule has 0 atom stereocenters. The Morgan fingerprint density at radius 1 is 1.32 bits per heavy atom. The van der Waals surface area contributed by atoms with Gasteiger partial charge >= 0.3 is 5.97 Å². The van der Waals surface area contributed by atoms with Gasteiger partial charge in [0.2, 0.25) is 0 Å². The highest BCUT2D eigenvalue weighted by Crippen LogP contribution is 2.11. The molecule has 0 aliphatic carbocycles. The van der Waals surface area contributed by atoms with Crippen LogP contribution < -0.4 is 5.32 Å². The SMILES string of the molecule is C#Cc1cccc(NCc2cccc(C(=O)O)n2)c1. The Labute approximate surface area is 111 Å². The molecule has 0 saturated heterocycles. The molecule has 94 valence electrons. The second-order valence-corrected chi connectivity index (χ2v) is 3.90. The van der Waals surface area contributed by atoms with E-state index >= 15 is 0 Å². The lowest BCUT2D eigenvalue weighted by Gasteiger charge is -2.06. The van der Waals surface area contributed by atoms with Crippen molar-refractivity contribution in [1.82, 2.24) is 4.98 Å². The molecule has 1 heterocycles. The van der Waals surface area contributed by atoms with E-state index in [2.05, 4.69) is 16.2 Å². The second-order valence-electron chi connectivity index (χ2n) is 3.90. The lowest BCUT2D eigenvalue weighted by Crippen LogP contribution is -2.06. The van der Waals surface area contributed by atoms with Crippen molar-refractivity contribution >= 4 is 11.7 Å². The van der Waals surface area contributed by atoms with E-state index in [1.807, 2.05) is 24.3 Å². The molecule has 0 bridgehead atoms. The van der Waals surface area contributed by atoms with Crippen molar-refractivity contribution in [3.8, 4) is 12.3 Å². The van der Waals surface area contributed by atoms with Crippen LogP contribution in [0, 0.1) is 12.3 Å². The Morgan fingerprint density at radius 3 is 2.84 bits per heavy atom. The maximum atomic E-state index is 10.8. The summed E-state index contributed by atoms with van der Waals surface area (Å²) in [4.78, 5) is 14.8. The number of pyridine rings is 1. The molecule has 19 heavy (non-hydrogen) atoms. The van der Waals surface area contributed by atoms with Gasteiger partial charge in [-0.25, -0.2) is 9.78 Å². The first-order chi connectivity index (χ1) is 9.19. The average Bonchev–Trinajstić information content (AvgIpc) is 2.45. The predicted molar refractivity (Wildman–Crippen MR) is 72.9 cm³/mol. The summed E-state index contributed by atoms with van der Waals surface area (Å²) in [6.07, 6.45) is 5.32. The van der Waals surface area contributed by atoms with Crippen molar-refractivity contribution in [2.75, 3.05) is 5.32 Å². The molecule has 0 saturated carbocycles. The van der Waals surface area contributed by atoms with Crippen LogP contribution in [0.4, 0.5) is 5.69 Å². The number of anilines is 1. The monoisotopic (exact) mass is 252 g/mol. The van der Waals surface area contributed by atoms with E-state index in [0.717, 1.165) is 11.3 Å². The number of carbonyl (C=O) groups is 1. The number of terminal acetylenes is 1. The van der Waals surface area contributed by atoms with Gasteiger partial charge < -0.3 is 10.4 Å². The average molecular weight is 252 g/mol. The van der Waals surface area contributed by atoms with Crippen LogP contribution in [0.1, 0.15) is 21.7 Å². The first-order valence-electron chi connectivity index (χ1n) is 5.69. The summed E-state index contributed by atoms with van der Waals surface area (Å²) in [5.41, 5.74) is 2.36. The smallest absolute Gasteiger partial charge is 0.354 e. The fraction of sp³-hybridized carbons (Fsp3) is 0.0667. The van der Waals surface area contributed by atoms with E-state index in [1.165, 1.54) is 6.07 Å². The highest BCUT2D eigenvalue weighted by atomic mass is 16.4. The van der Waals surface area contributed by atoms with Crippen molar-refractivity contribution in [3.05, 3.63) is 59.4 Å². The van der Waals surface area contributed by atoms with Crippen LogP contribution in [-0.2, 0) is 6.54 Å². The van der Waals surface area contributed by atoms with Crippen LogP contribution in [-0.4, -0.2) is 16.1 Å². The van der Waals surface area contributed by atoms with Gasteiger partial charge in [-0.05, 0) is 30.3 Å². The lowest BCUT2D eigenvalue weighted by molar-refractivity contribution is 0.0690. The Balaban J connectivity index is 2.08. The molecule has 4 nitrogen and oxygen atoms in total. The van der Waals surface area contributed by atoms with Gasteiger partial charge in [0.1, 0.15) is 5.69 Å². The Kier molecular flexibility index (Phi) is 3.79. The van der Waals surface area contributed by atoms with Gasteiger partial charge in [-0.1, -0.05) is 18.1 Å². The van der Waals surface area contributed by atoms with Crippen molar-refractivity contribution in [2.24, 2.45) is 0 Å². The maximum Gasteiger partial charge on any atom is 0.354 e. The van der Waals surface area contributed by atoms with Gasteiger partial charge in [0.15, 0.2) is 0 Å². The molecule has 0 aliphatic rings. The van der Waals surface area contributed by atoms with Crippen molar-refractivity contribution in [1.29, 1.82) is 0 Å². The van der Waals surface area contributed by atoms with E-state index in [9.17, 15) is 4.79 Å².